The van der Waals surface area contributed by atoms with Crippen LogP contribution in [0.4, 0.5) is 0 Å². The quantitative estimate of drug-likeness (QED) is 0.624. The fraction of sp³-hybridized carbons (Fsp3) is 0.304. The second-order valence-electron chi connectivity index (χ2n) is 6.93. The van der Waals surface area contributed by atoms with Gasteiger partial charge in [0.2, 0.25) is 0 Å². The van der Waals surface area contributed by atoms with E-state index in [-0.39, 0.29) is 5.41 Å². The molecule has 1 atom stereocenters. The van der Waals surface area contributed by atoms with Gasteiger partial charge in [-0.25, -0.2) is 0 Å². The average Bonchev–Trinajstić information content (AvgIpc) is 2.79. The summed E-state index contributed by atoms with van der Waals surface area (Å²) in [5.41, 5.74) is 8.63. The molecule has 3 rings (SSSR count). The first-order valence-corrected chi connectivity index (χ1v) is 8.48. The van der Waals surface area contributed by atoms with Crippen LogP contribution in [0, 0.1) is 5.92 Å². The van der Waals surface area contributed by atoms with Gasteiger partial charge in [0.1, 0.15) is 0 Å². The molecule has 0 N–H and O–H groups in total. The van der Waals surface area contributed by atoms with E-state index in [9.17, 15) is 0 Å². The van der Waals surface area contributed by atoms with Gasteiger partial charge in [0.05, 0.1) is 0 Å². The SMILES string of the molecule is CC1=C(C)C(C)C(C(C)(c2ccccc2)c2ccccc2)=C1C. The molecule has 0 radical (unpaired) electrons. The predicted molar refractivity (Wildman–Crippen MR) is 99.6 cm³/mol. The highest BCUT2D eigenvalue weighted by Gasteiger charge is 2.40. The third kappa shape index (κ3) is 2.37. The number of benzene rings is 2. The van der Waals surface area contributed by atoms with Crippen LogP contribution < -0.4 is 0 Å². The summed E-state index contributed by atoms with van der Waals surface area (Å²) >= 11 is 0. The Morgan fingerprint density at radius 2 is 1.13 bits per heavy atom. The first-order chi connectivity index (χ1) is 11.0. The zero-order valence-electron chi connectivity index (χ0n) is 14.9. The van der Waals surface area contributed by atoms with Crippen molar-refractivity contribution < 1.29 is 0 Å². The van der Waals surface area contributed by atoms with E-state index in [4.69, 9.17) is 0 Å². The zero-order valence-corrected chi connectivity index (χ0v) is 14.9. The van der Waals surface area contributed by atoms with E-state index in [1.165, 1.54) is 27.8 Å². The third-order valence-electron chi connectivity index (χ3n) is 5.88. The van der Waals surface area contributed by atoms with Gasteiger partial charge in [-0.1, -0.05) is 73.2 Å². The summed E-state index contributed by atoms with van der Waals surface area (Å²) in [6, 6.07) is 21.9. The first-order valence-electron chi connectivity index (χ1n) is 8.48. The largest absolute Gasteiger partial charge is 0.0632 e. The van der Waals surface area contributed by atoms with Crippen molar-refractivity contribution >= 4 is 0 Å². The summed E-state index contributed by atoms with van der Waals surface area (Å²) in [6.45, 7) is 11.6. The van der Waals surface area contributed by atoms with E-state index < -0.39 is 0 Å². The lowest BCUT2D eigenvalue weighted by Crippen LogP contribution is -2.29. The van der Waals surface area contributed by atoms with Crippen LogP contribution in [0.2, 0.25) is 0 Å². The van der Waals surface area contributed by atoms with E-state index >= 15 is 0 Å². The molecule has 2 aromatic rings. The molecule has 0 heterocycles. The average molecular weight is 302 g/mol. The molecule has 1 unspecified atom stereocenters. The second-order valence-corrected chi connectivity index (χ2v) is 6.93. The van der Waals surface area contributed by atoms with Crippen LogP contribution in [-0.4, -0.2) is 0 Å². The molecular formula is C23H26. The minimum Gasteiger partial charge on any atom is -0.0632 e. The minimum absolute atomic E-state index is 0.0922. The Morgan fingerprint density at radius 1 is 0.696 bits per heavy atom. The Labute approximate surface area is 140 Å². The monoisotopic (exact) mass is 302 g/mol. The maximum Gasteiger partial charge on any atom is 0.0394 e. The molecular weight excluding hydrogens is 276 g/mol. The van der Waals surface area contributed by atoms with Crippen molar-refractivity contribution in [1.82, 2.24) is 0 Å². The van der Waals surface area contributed by atoms with Gasteiger partial charge in [-0.15, -0.1) is 0 Å². The van der Waals surface area contributed by atoms with Crippen molar-refractivity contribution in [2.45, 2.75) is 40.0 Å². The molecule has 118 valence electrons. The van der Waals surface area contributed by atoms with Gasteiger partial charge in [0.25, 0.3) is 0 Å². The van der Waals surface area contributed by atoms with E-state index in [0.717, 1.165) is 0 Å². The molecule has 1 aliphatic carbocycles. The Hall–Kier alpha value is -2.08. The lowest BCUT2D eigenvalue weighted by molar-refractivity contribution is 0.591. The lowest BCUT2D eigenvalue weighted by atomic mass is 9.66. The first kappa shape index (κ1) is 15.8. The topological polar surface area (TPSA) is 0 Å². The van der Waals surface area contributed by atoms with Crippen molar-refractivity contribution in [3.05, 3.63) is 94.1 Å². The van der Waals surface area contributed by atoms with Gasteiger partial charge in [0.15, 0.2) is 0 Å². The summed E-state index contributed by atoms with van der Waals surface area (Å²) in [4.78, 5) is 0. The van der Waals surface area contributed by atoms with Gasteiger partial charge in [-0.05, 0) is 61.5 Å². The van der Waals surface area contributed by atoms with Gasteiger partial charge in [0, 0.05) is 5.41 Å². The smallest absolute Gasteiger partial charge is 0.0394 e. The Bertz CT molecular complexity index is 721. The molecule has 23 heavy (non-hydrogen) atoms. The molecule has 0 heteroatoms. The highest BCUT2D eigenvalue weighted by Crippen LogP contribution is 2.50. The standard InChI is InChI=1S/C23H26/c1-16-17(2)19(4)22(18(16)3)23(5,20-12-8-6-9-13-20)21-14-10-7-11-15-21/h6-15,18H,1-5H3. The molecule has 0 saturated carbocycles. The van der Waals surface area contributed by atoms with E-state index in [2.05, 4.69) is 95.3 Å². The van der Waals surface area contributed by atoms with Gasteiger partial charge in [-0.3, -0.25) is 0 Å². The van der Waals surface area contributed by atoms with Gasteiger partial charge >= 0.3 is 0 Å². The fourth-order valence-electron chi connectivity index (χ4n) is 4.19. The lowest BCUT2D eigenvalue weighted by Gasteiger charge is -2.36. The summed E-state index contributed by atoms with van der Waals surface area (Å²) in [6.07, 6.45) is 0. The Kier molecular flexibility index (Phi) is 4.02. The highest BCUT2D eigenvalue weighted by atomic mass is 14.4. The molecule has 0 spiro atoms. The molecule has 0 saturated heterocycles. The van der Waals surface area contributed by atoms with Crippen LogP contribution in [0.5, 0.6) is 0 Å². The number of rotatable bonds is 3. The molecule has 0 bridgehead atoms. The third-order valence-corrected chi connectivity index (χ3v) is 5.88. The molecule has 0 aliphatic heterocycles. The predicted octanol–water partition coefficient (Wildman–Crippen LogP) is 6.30. The maximum absolute atomic E-state index is 2.39. The van der Waals surface area contributed by atoms with Crippen molar-refractivity contribution in [2.75, 3.05) is 0 Å². The Morgan fingerprint density at radius 3 is 1.48 bits per heavy atom. The van der Waals surface area contributed by atoms with Crippen LogP contribution in [0.25, 0.3) is 0 Å². The summed E-state index contributed by atoms with van der Waals surface area (Å²) in [5, 5.41) is 0. The number of hydrogen-bond acceptors (Lipinski definition) is 0. The zero-order chi connectivity index (χ0) is 16.6. The van der Waals surface area contributed by atoms with Crippen molar-refractivity contribution in [3.8, 4) is 0 Å². The number of allylic oxidation sites excluding steroid dienone is 4. The van der Waals surface area contributed by atoms with Crippen molar-refractivity contribution in [1.29, 1.82) is 0 Å². The molecule has 0 nitrogen and oxygen atoms in total. The van der Waals surface area contributed by atoms with Gasteiger partial charge in [-0.2, -0.15) is 0 Å². The normalized spacial score (nSPS) is 18.7. The molecule has 2 aromatic carbocycles. The van der Waals surface area contributed by atoms with E-state index in [0.29, 0.717) is 5.92 Å². The van der Waals surface area contributed by atoms with Crippen LogP contribution >= 0.6 is 0 Å². The second kappa shape index (κ2) is 5.85. The fourth-order valence-corrected chi connectivity index (χ4v) is 4.19. The van der Waals surface area contributed by atoms with Crippen LogP contribution in [0.3, 0.4) is 0 Å². The molecule has 1 aliphatic rings. The summed E-state index contributed by atoms with van der Waals surface area (Å²) in [5.74, 6) is 0.486. The molecule has 0 aromatic heterocycles. The van der Waals surface area contributed by atoms with E-state index in [1.807, 2.05) is 0 Å². The maximum atomic E-state index is 2.39. The molecule has 0 amide bonds. The van der Waals surface area contributed by atoms with Crippen molar-refractivity contribution in [3.63, 3.8) is 0 Å². The number of hydrogen-bond donors (Lipinski definition) is 0. The summed E-state index contributed by atoms with van der Waals surface area (Å²) < 4.78 is 0. The highest BCUT2D eigenvalue weighted by molar-refractivity contribution is 5.58. The van der Waals surface area contributed by atoms with Crippen LogP contribution in [0.15, 0.2) is 83.0 Å². The van der Waals surface area contributed by atoms with E-state index in [1.54, 1.807) is 5.57 Å². The Balaban J connectivity index is 2.28. The summed E-state index contributed by atoms with van der Waals surface area (Å²) in [7, 11) is 0. The van der Waals surface area contributed by atoms with Crippen LogP contribution in [0.1, 0.15) is 45.7 Å². The molecule has 0 fully saturated rings. The van der Waals surface area contributed by atoms with Crippen LogP contribution in [-0.2, 0) is 5.41 Å². The minimum atomic E-state index is -0.0922. The van der Waals surface area contributed by atoms with Crippen molar-refractivity contribution in [2.24, 2.45) is 5.92 Å². The van der Waals surface area contributed by atoms with Gasteiger partial charge < -0.3 is 0 Å².